The van der Waals surface area contributed by atoms with Crippen LogP contribution in [-0.2, 0) is 4.79 Å². The van der Waals surface area contributed by atoms with Gasteiger partial charge in [0.2, 0.25) is 0 Å². The standard InChI is InChI=1S/C11H14N2O4/c1-4-7(2)12-11(14)8(3)9-5-6-10(17-9)13(15)16/h5-7H,3-4H2,1-2H3,(H,12,14). The highest BCUT2D eigenvalue weighted by Crippen LogP contribution is 2.21. The molecule has 0 fully saturated rings. The number of hydrogen-bond donors (Lipinski definition) is 1. The molecule has 1 heterocycles. The lowest BCUT2D eigenvalue weighted by Gasteiger charge is -2.11. The lowest BCUT2D eigenvalue weighted by atomic mass is 10.2. The van der Waals surface area contributed by atoms with Gasteiger partial charge in [0.25, 0.3) is 5.91 Å². The normalized spacial score (nSPS) is 11.9. The van der Waals surface area contributed by atoms with E-state index in [1.807, 2.05) is 13.8 Å². The van der Waals surface area contributed by atoms with Crippen molar-refractivity contribution in [1.82, 2.24) is 5.32 Å². The summed E-state index contributed by atoms with van der Waals surface area (Å²) in [6, 6.07) is 2.57. The van der Waals surface area contributed by atoms with Gasteiger partial charge in [0.15, 0.2) is 0 Å². The quantitative estimate of drug-likeness (QED) is 0.483. The summed E-state index contributed by atoms with van der Waals surface area (Å²) in [7, 11) is 0. The topological polar surface area (TPSA) is 85.4 Å². The van der Waals surface area contributed by atoms with Crippen LogP contribution in [0.3, 0.4) is 0 Å². The molecule has 1 N–H and O–H groups in total. The van der Waals surface area contributed by atoms with E-state index >= 15 is 0 Å². The molecular weight excluding hydrogens is 224 g/mol. The summed E-state index contributed by atoms with van der Waals surface area (Å²) in [5.41, 5.74) is 0.0819. The van der Waals surface area contributed by atoms with Gasteiger partial charge < -0.3 is 9.73 Å². The molecule has 1 atom stereocenters. The fraction of sp³-hybridized carbons (Fsp3) is 0.364. The van der Waals surface area contributed by atoms with Gasteiger partial charge in [-0.3, -0.25) is 14.9 Å². The number of hydrogen-bond acceptors (Lipinski definition) is 4. The van der Waals surface area contributed by atoms with Gasteiger partial charge in [-0.05, 0) is 19.4 Å². The number of nitro groups is 1. The Balaban J connectivity index is 2.75. The molecule has 17 heavy (non-hydrogen) atoms. The molecule has 0 aliphatic heterocycles. The number of furan rings is 1. The van der Waals surface area contributed by atoms with Crippen molar-refractivity contribution in [3.8, 4) is 0 Å². The summed E-state index contributed by atoms with van der Waals surface area (Å²) in [4.78, 5) is 21.4. The highest BCUT2D eigenvalue weighted by Gasteiger charge is 2.18. The second-order valence-corrected chi connectivity index (χ2v) is 3.66. The van der Waals surface area contributed by atoms with Crippen LogP contribution in [0.2, 0.25) is 0 Å². The molecule has 0 saturated heterocycles. The third kappa shape index (κ3) is 3.17. The fourth-order valence-corrected chi connectivity index (χ4v) is 1.11. The summed E-state index contributed by atoms with van der Waals surface area (Å²) >= 11 is 0. The zero-order valence-electron chi connectivity index (χ0n) is 9.73. The molecule has 0 spiro atoms. The second-order valence-electron chi connectivity index (χ2n) is 3.66. The van der Waals surface area contributed by atoms with Crippen LogP contribution >= 0.6 is 0 Å². The second kappa shape index (κ2) is 5.29. The molecule has 0 saturated carbocycles. The highest BCUT2D eigenvalue weighted by atomic mass is 16.6. The maximum absolute atomic E-state index is 11.7. The van der Waals surface area contributed by atoms with E-state index in [1.165, 1.54) is 12.1 Å². The van der Waals surface area contributed by atoms with Crippen molar-refractivity contribution in [1.29, 1.82) is 0 Å². The maximum Gasteiger partial charge on any atom is 0.433 e. The molecule has 1 amide bonds. The number of carbonyl (C=O) groups excluding carboxylic acids is 1. The Hall–Kier alpha value is -2.11. The molecule has 0 aromatic carbocycles. The van der Waals surface area contributed by atoms with Gasteiger partial charge in [-0.25, -0.2) is 0 Å². The molecule has 0 aliphatic carbocycles. The van der Waals surface area contributed by atoms with E-state index in [9.17, 15) is 14.9 Å². The van der Waals surface area contributed by atoms with Crippen LogP contribution in [0, 0.1) is 10.1 Å². The first-order chi connectivity index (χ1) is 7.95. The Labute approximate surface area is 98.5 Å². The van der Waals surface area contributed by atoms with Gasteiger partial charge in [0, 0.05) is 6.04 Å². The molecule has 1 rings (SSSR count). The van der Waals surface area contributed by atoms with Crippen LogP contribution in [0.15, 0.2) is 23.1 Å². The first kappa shape index (κ1) is 13.0. The third-order valence-corrected chi connectivity index (χ3v) is 2.33. The van der Waals surface area contributed by atoms with Crippen LogP contribution in [0.1, 0.15) is 26.0 Å². The number of rotatable bonds is 5. The average molecular weight is 238 g/mol. The van der Waals surface area contributed by atoms with E-state index < -0.39 is 10.8 Å². The average Bonchev–Trinajstić information content (AvgIpc) is 2.77. The first-order valence-electron chi connectivity index (χ1n) is 5.20. The molecule has 0 aliphatic rings. The lowest BCUT2D eigenvalue weighted by Crippen LogP contribution is -2.32. The highest BCUT2D eigenvalue weighted by molar-refractivity contribution is 6.17. The van der Waals surface area contributed by atoms with Crippen LogP contribution < -0.4 is 5.32 Å². The van der Waals surface area contributed by atoms with Crippen molar-refractivity contribution in [2.45, 2.75) is 26.3 Å². The van der Waals surface area contributed by atoms with Crippen LogP contribution in [0.4, 0.5) is 5.88 Å². The number of carbonyl (C=O) groups is 1. The first-order valence-corrected chi connectivity index (χ1v) is 5.20. The molecule has 92 valence electrons. The van der Waals surface area contributed by atoms with E-state index in [0.717, 1.165) is 6.42 Å². The van der Waals surface area contributed by atoms with Crippen LogP contribution in [-0.4, -0.2) is 16.9 Å². The van der Waals surface area contributed by atoms with Crippen LogP contribution in [0.5, 0.6) is 0 Å². The number of amides is 1. The lowest BCUT2D eigenvalue weighted by molar-refractivity contribution is -0.402. The molecular formula is C11H14N2O4. The van der Waals surface area contributed by atoms with E-state index in [1.54, 1.807) is 0 Å². The zero-order chi connectivity index (χ0) is 13.0. The fourth-order valence-electron chi connectivity index (χ4n) is 1.11. The minimum atomic E-state index is -0.663. The Morgan fingerprint density at radius 3 is 2.76 bits per heavy atom. The minimum Gasteiger partial charge on any atom is -0.400 e. The molecule has 1 aromatic rings. The van der Waals surface area contributed by atoms with Gasteiger partial charge >= 0.3 is 5.88 Å². The Morgan fingerprint density at radius 1 is 1.65 bits per heavy atom. The predicted molar refractivity (Wildman–Crippen MR) is 62.3 cm³/mol. The molecule has 6 heteroatoms. The van der Waals surface area contributed by atoms with Gasteiger partial charge in [-0.2, -0.15) is 0 Å². The summed E-state index contributed by atoms with van der Waals surface area (Å²) in [5.74, 6) is -0.682. The van der Waals surface area contributed by atoms with Crippen molar-refractivity contribution in [3.05, 3.63) is 34.6 Å². The molecule has 1 aromatic heterocycles. The van der Waals surface area contributed by atoms with E-state index in [-0.39, 0.29) is 23.3 Å². The number of nitrogens with zero attached hydrogens (tertiary/aromatic N) is 1. The van der Waals surface area contributed by atoms with Gasteiger partial charge in [0.1, 0.15) is 10.7 Å². The van der Waals surface area contributed by atoms with E-state index in [2.05, 4.69) is 11.9 Å². The van der Waals surface area contributed by atoms with Crippen LogP contribution in [0.25, 0.3) is 5.57 Å². The van der Waals surface area contributed by atoms with Crippen molar-refractivity contribution >= 4 is 17.4 Å². The summed E-state index contributed by atoms with van der Waals surface area (Å²) < 4.78 is 4.88. The summed E-state index contributed by atoms with van der Waals surface area (Å²) in [6.45, 7) is 7.35. The van der Waals surface area contributed by atoms with Crippen molar-refractivity contribution in [3.63, 3.8) is 0 Å². The minimum absolute atomic E-state index is 0.0178. The van der Waals surface area contributed by atoms with Gasteiger partial charge in [-0.1, -0.05) is 13.5 Å². The summed E-state index contributed by atoms with van der Waals surface area (Å²) in [6.07, 6.45) is 0.789. The summed E-state index contributed by atoms with van der Waals surface area (Å²) in [5, 5.41) is 13.1. The van der Waals surface area contributed by atoms with E-state index in [0.29, 0.717) is 0 Å². The Morgan fingerprint density at radius 2 is 2.29 bits per heavy atom. The maximum atomic E-state index is 11.7. The zero-order valence-corrected chi connectivity index (χ0v) is 9.73. The Bertz CT molecular complexity index is 450. The van der Waals surface area contributed by atoms with Gasteiger partial charge in [-0.15, -0.1) is 0 Å². The van der Waals surface area contributed by atoms with Crippen molar-refractivity contribution in [2.75, 3.05) is 0 Å². The Kier molecular flexibility index (Phi) is 4.03. The smallest absolute Gasteiger partial charge is 0.400 e. The SMILES string of the molecule is C=C(C(=O)NC(C)CC)c1ccc([N+](=O)[O-])o1. The largest absolute Gasteiger partial charge is 0.433 e. The van der Waals surface area contributed by atoms with Crippen molar-refractivity contribution in [2.24, 2.45) is 0 Å². The number of nitrogens with one attached hydrogen (secondary N) is 1. The van der Waals surface area contributed by atoms with E-state index in [4.69, 9.17) is 4.42 Å². The van der Waals surface area contributed by atoms with Crippen molar-refractivity contribution < 1.29 is 14.1 Å². The molecule has 1 unspecified atom stereocenters. The molecule has 6 nitrogen and oxygen atoms in total. The molecule has 0 radical (unpaired) electrons. The third-order valence-electron chi connectivity index (χ3n) is 2.33. The van der Waals surface area contributed by atoms with Gasteiger partial charge in [0.05, 0.1) is 11.6 Å². The molecule has 0 bridgehead atoms. The monoisotopic (exact) mass is 238 g/mol. The predicted octanol–water partition coefficient (Wildman–Crippen LogP) is 2.12.